The predicted octanol–water partition coefficient (Wildman–Crippen LogP) is 1.81. The summed E-state index contributed by atoms with van der Waals surface area (Å²) in [5, 5.41) is 5.82. The number of hydrogen-bond acceptors (Lipinski definition) is 4. The third-order valence-corrected chi connectivity index (χ3v) is 5.52. The number of carbonyl (C=O) groups excluding carboxylic acids is 1. The molecule has 1 unspecified atom stereocenters. The fourth-order valence-corrected chi connectivity index (χ4v) is 4.40. The van der Waals surface area contributed by atoms with E-state index >= 15 is 0 Å². The number of amides is 2. The van der Waals surface area contributed by atoms with Crippen LogP contribution >= 0.6 is 0 Å². The Morgan fingerprint density at radius 1 is 1.12 bits per heavy atom. The van der Waals surface area contributed by atoms with Gasteiger partial charge in [0.25, 0.3) is 0 Å². The highest BCUT2D eigenvalue weighted by Crippen LogP contribution is 2.32. The van der Waals surface area contributed by atoms with E-state index in [4.69, 9.17) is 4.74 Å². The van der Waals surface area contributed by atoms with E-state index in [9.17, 15) is 17.6 Å². The normalized spacial score (nSPS) is 25.7. The molecule has 0 saturated heterocycles. The van der Waals surface area contributed by atoms with Crippen molar-refractivity contribution in [1.82, 2.24) is 15.4 Å². The minimum absolute atomic E-state index is 0.000527. The molecule has 1 fully saturated rings. The van der Waals surface area contributed by atoms with Gasteiger partial charge in [0.2, 0.25) is 10.0 Å². The lowest BCUT2D eigenvalue weighted by Crippen LogP contribution is -2.47. The minimum atomic E-state index is -3.21. The summed E-state index contributed by atoms with van der Waals surface area (Å²) in [6.07, 6.45) is 4.51. The molecule has 0 spiro atoms. The molecular weight excluding hydrogens is 361 g/mol. The zero-order valence-electron chi connectivity index (χ0n) is 14.6. The molecule has 7 nitrogen and oxygen atoms in total. The number of nitrogens with one attached hydrogen (secondary N) is 3. The topological polar surface area (TPSA) is 96.5 Å². The number of urea groups is 1. The number of hydrogen-bond donors (Lipinski definition) is 3. The van der Waals surface area contributed by atoms with E-state index in [-0.39, 0.29) is 30.0 Å². The second kappa shape index (κ2) is 7.79. The lowest BCUT2D eigenvalue weighted by molar-refractivity contribution is 0.215. The van der Waals surface area contributed by atoms with Crippen LogP contribution in [0.1, 0.15) is 43.7 Å². The van der Waals surface area contributed by atoms with E-state index in [2.05, 4.69) is 15.4 Å². The molecule has 9 heteroatoms. The molecule has 0 bridgehead atoms. The lowest BCUT2D eigenvalue weighted by atomic mass is 9.92. The molecule has 3 rings (SSSR count). The smallest absolute Gasteiger partial charge is 0.315 e. The second-order valence-electron chi connectivity index (χ2n) is 6.93. The highest BCUT2D eigenvalue weighted by atomic mass is 32.2. The van der Waals surface area contributed by atoms with E-state index in [0.717, 1.165) is 6.26 Å². The average Bonchev–Trinajstić information content (AvgIpc) is 2.56. The standard InChI is InChI=1S/C17H24FN3O4S/c1-26(23,24)21-13-5-3-12(4-6-13)19-17(22)20-15-8-9-25-16-7-2-11(18)10-14(15)16/h2,7,10,12-13,15,21H,3-6,8-9H2,1H3,(H2,19,20,22). The summed E-state index contributed by atoms with van der Waals surface area (Å²) in [6.45, 7) is 0.464. The molecule has 0 radical (unpaired) electrons. The number of carbonyl (C=O) groups is 1. The molecular formula is C17H24FN3O4S. The fraction of sp³-hybridized carbons (Fsp3) is 0.588. The van der Waals surface area contributed by atoms with Gasteiger partial charge in [0.15, 0.2) is 0 Å². The van der Waals surface area contributed by atoms with Gasteiger partial charge in [0, 0.05) is 24.1 Å². The van der Waals surface area contributed by atoms with Gasteiger partial charge in [0.1, 0.15) is 11.6 Å². The van der Waals surface area contributed by atoms with Crippen molar-refractivity contribution in [3.05, 3.63) is 29.6 Å². The molecule has 2 amide bonds. The van der Waals surface area contributed by atoms with Crippen LogP contribution in [0, 0.1) is 5.82 Å². The fourth-order valence-electron chi connectivity index (χ4n) is 3.56. The first kappa shape index (κ1) is 18.9. The van der Waals surface area contributed by atoms with Crippen molar-refractivity contribution in [2.24, 2.45) is 0 Å². The quantitative estimate of drug-likeness (QED) is 0.736. The summed E-state index contributed by atoms with van der Waals surface area (Å²) >= 11 is 0. The van der Waals surface area contributed by atoms with Crippen molar-refractivity contribution < 1.29 is 22.3 Å². The van der Waals surface area contributed by atoms with E-state index < -0.39 is 10.0 Å². The number of fused-ring (bicyclic) bond motifs is 1. The van der Waals surface area contributed by atoms with Gasteiger partial charge in [-0.3, -0.25) is 0 Å². The summed E-state index contributed by atoms with van der Waals surface area (Å²) in [5.74, 6) is 0.230. The Balaban J connectivity index is 1.51. The molecule has 144 valence electrons. The van der Waals surface area contributed by atoms with Crippen LogP contribution < -0.4 is 20.1 Å². The number of sulfonamides is 1. The molecule has 2 aliphatic rings. The van der Waals surface area contributed by atoms with E-state index in [1.165, 1.54) is 12.1 Å². The first-order chi connectivity index (χ1) is 12.3. The van der Waals surface area contributed by atoms with Crippen LogP contribution in [0.15, 0.2) is 18.2 Å². The molecule has 1 aromatic rings. The second-order valence-corrected chi connectivity index (χ2v) is 8.71. The lowest BCUT2D eigenvalue weighted by Gasteiger charge is -2.31. The largest absolute Gasteiger partial charge is 0.493 e. The maximum atomic E-state index is 13.5. The Morgan fingerprint density at radius 3 is 2.50 bits per heavy atom. The van der Waals surface area contributed by atoms with Gasteiger partial charge in [-0.05, 0) is 43.9 Å². The van der Waals surface area contributed by atoms with Crippen LogP contribution in [0.5, 0.6) is 5.75 Å². The summed E-state index contributed by atoms with van der Waals surface area (Å²) in [6, 6.07) is 3.64. The molecule has 0 aromatic heterocycles. The Labute approximate surface area is 152 Å². The number of halogens is 1. The molecule has 1 saturated carbocycles. The predicted molar refractivity (Wildman–Crippen MR) is 94.9 cm³/mol. The summed E-state index contributed by atoms with van der Waals surface area (Å²) in [5.41, 5.74) is 0.646. The van der Waals surface area contributed by atoms with Gasteiger partial charge in [-0.2, -0.15) is 0 Å². The van der Waals surface area contributed by atoms with E-state index in [1.54, 1.807) is 6.07 Å². The van der Waals surface area contributed by atoms with Crippen LogP contribution in [0.2, 0.25) is 0 Å². The highest BCUT2D eigenvalue weighted by molar-refractivity contribution is 7.88. The molecule has 1 aliphatic carbocycles. The third kappa shape index (κ3) is 5.07. The number of rotatable bonds is 4. The first-order valence-corrected chi connectivity index (χ1v) is 10.7. The average molecular weight is 385 g/mol. The number of benzene rings is 1. The van der Waals surface area contributed by atoms with Crippen LogP contribution in [-0.2, 0) is 10.0 Å². The van der Waals surface area contributed by atoms with Gasteiger partial charge in [-0.1, -0.05) is 0 Å². The van der Waals surface area contributed by atoms with E-state index in [0.29, 0.717) is 50.0 Å². The van der Waals surface area contributed by atoms with Crippen molar-refractivity contribution in [2.45, 2.75) is 50.2 Å². The highest BCUT2D eigenvalue weighted by Gasteiger charge is 2.27. The molecule has 1 aliphatic heterocycles. The number of ether oxygens (including phenoxy) is 1. The SMILES string of the molecule is CS(=O)(=O)NC1CCC(NC(=O)NC2CCOc3ccc(F)cc32)CC1. The van der Waals surface area contributed by atoms with Gasteiger partial charge >= 0.3 is 6.03 Å². The van der Waals surface area contributed by atoms with Crippen molar-refractivity contribution in [3.8, 4) is 5.75 Å². The maximum Gasteiger partial charge on any atom is 0.315 e. The third-order valence-electron chi connectivity index (χ3n) is 4.76. The van der Waals surface area contributed by atoms with Gasteiger partial charge in [0.05, 0.1) is 18.9 Å². The molecule has 1 aromatic carbocycles. The molecule has 26 heavy (non-hydrogen) atoms. The van der Waals surface area contributed by atoms with Crippen LogP contribution in [0.3, 0.4) is 0 Å². The van der Waals surface area contributed by atoms with Crippen molar-refractivity contribution in [1.29, 1.82) is 0 Å². The molecule has 1 atom stereocenters. The summed E-state index contributed by atoms with van der Waals surface area (Å²) < 4.78 is 44.2. The monoisotopic (exact) mass is 385 g/mol. The summed E-state index contributed by atoms with van der Waals surface area (Å²) in [7, 11) is -3.21. The van der Waals surface area contributed by atoms with Gasteiger partial charge in [-0.25, -0.2) is 22.3 Å². The maximum absolute atomic E-state index is 13.5. The van der Waals surface area contributed by atoms with E-state index in [1.807, 2.05) is 0 Å². The zero-order valence-corrected chi connectivity index (χ0v) is 15.4. The molecule has 1 heterocycles. The Kier molecular flexibility index (Phi) is 5.67. The zero-order chi connectivity index (χ0) is 18.7. The molecule has 3 N–H and O–H groups in total. The van der Waals surface area contributed by atoms with Crippen molar-refractivity contribution in [3.63, 3.8) is 0 Å². The Morgan fingerprint density at radius 2 is 1.81 bits per heavy atom. The summed E-state index contributed by atoms with van der Waals surface area (Å²) in [4.78, 5) is 12.3. The van der Waals surface area contributed by atoms with Crippen LogP contribution in [-0.4, -0.2) is 39.4 Å². The minimum Gasteiger partial charge on any atom is -0.493 e. The van der Waals surface area contributed by atoms with Crippen molar-refractivity contribution in [2.75, 3.05) is 12.9 Å². The van der Waals surface area contributed by atoms with Gasteiger partial charge in [-0.15, -0.1) is 0 Å². The van der Waals surface area contributed by atoms with Gasteiger partial charge < -0.3 is 15.4 Å². The Hall–Kier alpha value is -1.87. The van der Waals surface area contributed by atoms with Crippen LogP contribution in [0.25, 0.3) is 0 Å². The van der Waals surface area contributed by atoms with Crippen molar-refractivity contribution >= 4 is 16.1 Å². The first-order valence-electron chi connectivity index (χ1n) is 8.77. The Bertz CT molecular complexity index is 763. The van der Waals surface area contributed by atoms with Crippen LogP contribution in [0.4, 0.5) is 9.18 Å².